The molecule has 0 aliphatic rings. The van der Waals surface area contributed by atoms with Crippen LogP contribution in [-0.2, 0) is 4.74 Å². The maximum Gasteiger partial charge on any atom is 0.284 e. The molecule has 10 heteroatoms. The fourth-order valence-electron chi connectivity index (χ4n) is 2.32. The summed E-state index contributed by atoms with van der Waals surface area (Å²) in [6.07, 6.45) is 0. The maximum absolute atomic E-state index is 12.6. The second-order valence-electron chi connectivity index (χ2n) is 5.53. The minimum absolute atomic E-state index is 0.143. The van der Waals surface area contributed by atoms with Gasteiger partial charge in [0.15, 0.2) is 10.1 Å². The van der Waals surface area contributed by atoms with Gasteiger partial charge in [-0.1, -0.05) is 41.7 Å². The molecule has 0 bridgehead atoms. The third-order valence-electron chi connectivity index (χ3n) is 3.64. The summed E-state index contributed by atoms with van der Waals surface area (Å²) < 4.78 is 5.52. The Morgan fingerprint density at radius 1 is 1.21 bits per heavy atom. The lowest BCUT2D eigenvalue weighted by Gasteiger charge is -2.04. The van der Waals surface area contributed by atoms with E-state index in [1.807, 2.05) is 0 Å². The summed E-state index contributed by atoms with van der Waals surface area (Å²) in [4.78, 5) is 24.0. The molecule has 0 atom stereocenters. The van der Waals surface area contributed by atoms with Crippen LogP contribution in [0.25, 0.3) is 0 Å². The van der Waals surface area contributed by atoms with Crippen LogP contribution in [0.3, 0.4) is 0 Å². The molecule has 0 aliphatic carbocycles. The maximum atomic E-state index is 12.6. The number of rotatable bonds is 9. The summed E-state index contributed by atoms with van der Waals surface area (Å²) in [5, 5.41) is 23.2. The smallest absolute Gasteiger partial charge is 0.284 e. The molecule has 2 aromatic carbocycles. The van der Waals surface area contributed by atoms with Gasteiger partial charge in [0.25, 0.3) is 5.69 Å². The van der Waals surface area contributed by atoms with E-state index < -0.39 is 4.92 Å². The van der Waals surface area contributed by atoms with Gasteiger partial charge >= 0.3 is 0 Å². The molecule has 1 N–H and O–H groups in total. The van der Waals surface area contributed by atoms with Crippen molar-refractivity contribution >= 4 is 39.7 Å². The Morgan fingerprint density at radius 3 is 2.71 bits per heavy atom. The number of carbonyl (C=O) groups is 1. The monoisotopic (exact) mass is 416 g/mol. The van der Waals surface area contributed by atoms with Gasteiger partial charge in [-0.15, -0.1) is 10.2 Å². The first-order valence-electron chi connectivity index (χ1n) is 8.21. The summed E-state index contributed by atoms with van der Waals surface area (Å²) in [7, 11) is 1.61. The van der Waals surface area contributed by atoms with Crippen LogP contribution in [0.4, 0.5) is 10.8 Å². The van der Waals surface area contributed by atoms with Crippen molar-refractivity contribution < 1.29 is 14.5 Å². The predicted molar refractivity (Wildman–Crippen MR) is 107 cm³/mol. The van der Waals surface area contributed by atoms with Crippen molar-refractivity contribution in [3.8, 4) is 0 Å². The third kappa shape index (κ3) is 4.91. The van der Waals surface area contributed by atoms with Gasteiger partial charge in [-0.2, -0.15) is 0 Å². The fraction of sp³-hybridized carbons (Fsp3) is 0.167. The average molecular weight is 416 g/mol. The Kier molecular flexibility index (Phi) is 6.69. The first-order valence-corrected chi connectivity index (χ1v) is 9.84. The van der Waals surface area contributed by atoms with Gasteiger partial charge < -0.3 is 10.1 Å². The highest BCUT2D eigenvalue weighted by Crippen LogP contribution is 2.37. The van der Waals surface area contributed by atoms with E-state index in [1.165, 1.54) is 17.4 Å². The molecule has 0 amide bonds. The zero-order valence-electron chi connectivity index (χ0n) is 14.8. The van der Waals surface area contributed by atoms with E-state index in [0.29, 0.717) is 33.1 Å². The number of benzene rings is 2. The average Bonchev–Trinajstić information content (AvgIpc) is 3.15. The number of aromatic nitrogens is 2. The van der Waals surface area contributed by atoms with Crippen LogP contribution in [0.1, 0.15) is 15.9 Å². The van der Waals surface area contributed by atoms with Crippen molar-refractivity contribution in [3.63, 3.8) is 0 Å². The first kappa shape index (κ1) is 19.9. The summed E-state index contributed by atoms with van der Waals surface area (Å²) in [6, 6.07) is 13.1. The number of nitrogens with zero attached hydrogens (tertiary/aromatic N) is 3. The van der Waals surface area contributed by atoms with E-state index in [0.717, 1.165) is 11.8 Å². The van der Waals surface area contributed by atoms with Crippen LogP contribution < -0.4 is 5.32 Å². The Balaban J connectivity index is 1.80. The zero-order chi connectivity index (χ0) is 19.9. The highest BCUT2D eigenvalue weighted by atomic mass is 32.2. The van der Waals surface area contributed by atoms with Gasteiger partial charge in [-0.25, -0.2) is 0 Å². The summed E-state index contributed by atoms with van der Waals surface area (Å²) in [5.74, 6) is -0.263. The van der Waals surface area contributed by atoms with Crippen LogP contribution in [0.15, 0.2) is 57.8 Å². The first-order chi connectivity index (χ1) is 13.6. The molecule has 144 valence electrons. The Labute approximate surface area is 169 Å². The Bertz CT molecular complexity index is 979. The highest BCUT2D eigenvalue weighted by Gasteiger charge is 2.20. The minimum atomic E-state index is -0.497. The highest BCUT2D eigenvalue weighted by molar-refractivity contribution is 8.01. The molecule has 0 aliphatic heterocycles. The number of hydrogen-bond donors (Lipinski definition) is 1. The lowest BCUT2D eigenvalue weighted by Crippen LogP contribution is -2.06. The van der Waals surface area contributed by atoms with E-state index in [1.54, 1.807) is 49.6 Å². The summed E-state index contributed by atoms with van der Waals surface area (Å²) in [6.45, 7) is 1.12. The van der Waals surface area contributed by atoms with E-state index >= 15 is 0 Å². The van der Waals surface area contributed by atoms with Crippen LogP contribution in [0.2, 0.25) is 0 Å². The number of carbonyl (C=O) groups excluding carboxylic acids is 1. The lowest BCUT2D eigenvalue weighted by molar-refractivity contribution is -0.387. The van der Waals surface area contributed by atoms with Crippen molar-refractivity contribution in [1.82, 2.24) is 10.2 Å². The molecular formula is C18H16N4O4S2. The number of methoxy groups -OCH3 is 1. The van der Waals surface area contributed by atoms with Crippen molar-refractivity contribution in [2.75, 3.05) is 25.6 Å². The second kappa shape index (κ2) is 9.40. The number of hydrogen-bond acceptors (Lipinski definition) is 9. The normalized spacial score (nSPS) is 10.6. The quantitative estimate of drug-likeness (QED) is 0.242. The van der Waals surface area contributed by atoms with E-state index in [9.17, 15) is 14.9 Å². The second-order valence-corrected chi connectivity index (χ2v) is 7.80. The Hall–Kier alpha value is -2.82. The summed E-state index contributed by atoms with van der Waals surface area (Å²) in [5.41, 5.74) is 0.602. The molecule has 28 heavy (non-hydrogen) atoms. The fourth-order valence-corrected chi connectivity index (χ4v) is 4.14. The van der Waals surface area contributed by atoms with Crippen LogP contribution in [0.5, 0.6) is 0 Å². The van der Waals surface area contributed by atoms with Crippen molar-refractivity contribution in [2.45, 2.75) is 9.24 Å². The molecule has 0 spiro atoms. The van der Waals surface area contributed by atoms with Gasteiger partial charge in [0, 0.05) is 30.8 Å². The molecule has 1 aromatic heterocycles. The van der Waals surface area contributed by atoms with Crippen molar-refractivity contribution in [1.29, 1.82) is 0 Å². The van der Waals surface area contributed by atoms with E-state index in [2.05, 4.69) is 15.5 Å². The van der Waals surface area contributed by atoms with Gasteiger partial charge in [0.1, 0.15) is 0 Å². The number of nitro groups is 1. The van der Waals surface area contributed by atoms with Gasteiger partial charge in [0.05, 0.1) is 16.4 Å². The van der Waals surface area contributed by atoms with Crippen LogP contribution in [-0.4, -0.2) is 41.2 Å². The standard InChI is InChI=1S/C18H16N4O4S2/c1-26-10-9-19-17-20-21-18(28-17)27-15-8-7-13(11-14(15)22(24)25)16(23)12-5-3-2-4-6-12/h2-8,11H,9-10H2,1H3,(H,19,20). The van der Waals surface area contributed by atoms with E-state index in [4.69, 9.17) is 4.74 Å². The molecule has 0 unspecified atom stereocenters. The number of ether oxygens (including phenoxy) is 1. The molecule has 8 nitrogen and oxygen atoms in total. The van der Waals surface area contributed by atoms with Crippen LogP contribution in [0, 0.1) is 10.1 Å². The summed E-state index contributed by atoms with van der Waals surface area (Å²) >= 11 is 2.43. The number of ketones is 1. The number of anilines is 1. The van der Waals surface area contributed by atoms with Gasteiger partial charge in [0.2, 0.25) is 5.13 Å². The number of nitro benzene ring substituents is 1. The van der Waals surface area contributed by atoms with Crippen molar-refractivity contribution in [2.24, 2.45) is 0 Å². The number of nitrogens with one attached hydrogen (secondary N) is 1. The van der Waals surface area contributed by atoms with E-state index in [-0.39, 0.29) is 17.0 Å². The van der Waals surface area contributed by atoms with Crippen molar-refractivity contribution in [3.05, 3.63) is 69.8 Å². The molecule has 0 radical (unpaired) electrons. The predicted octanol–water partition coefficient (Wildman–Crippen LogP) is 3.89. The zero-order valence-corrected chi connectivity index (χ0v) is 16.5. The van der Waals surface area contributed by atoms with Crippen LogP contribution >= 0.6 is 23.1 Å². The molecule has 0 saturated carbocycles. The molecule has 0 saturated heterocycles. The lowest BCUT2D eigenvalue weighted by atomic mass is 10.0. The minimum Gasteiger partial charge on any atom is -0.383 e. The molecule has 3 aromatic rings. The molecular weight excluding hydrogens is 400 g/mol. The Morgan fingerprint density at radius 2 is 2.00 bits per heavy atom. The molecule has 3 rings (SSSR count). The molecule has 1 heterocycles. The van der Waals surface area contributed by atoms with Gasteiger partial charge in [-0.3, -0.25) is 14.9 Å². The third-order valence-corrected chi connectivity index (χ3v) is 5.64. The molecule has 0 fully saturated rings. The topological polar surface area (TPSA) is 107 Å². The van der Waals surface area contributed by atoms with Gasteiger partial charge in [-0.05, 0) is 23.9 Å². The largest absolute Gasteiger partial charge is 0.383 e. The SMILES string of the molecule is COCCNc1nnc(Sc2ccc(C(=O)c3ccccc3)cc2[N+](=O)[O-])s1.